The van der Waals surface area contributed by atoms with E-state index in [0.29, 0.717) is 19.7 Å². The van der Waals surface area contributed by atoms with E-state index in [9.17, 15) is 4.79 Å². The Kier molecular flexibility index (Phi) is 6.34. The molecule has 2 rings (SSSR count). The standard InChI is InChI=1S/C16H24N2O3/c1-20-14-4-2-5-15(10-14)21-9-3-8-18-16(19)12-17-11-13-6-7-13/h2,4-5,10,13,17H,3,6-9,11-12H2,1H3,(H,18,19). The fourth-order valence-corrected chi connectivity index (χ4v) is 1.96. The van der Waals surface area contributed by atoms with E-state index < -0.39 is 0 Å². The molecular weight excluding hydrogens is 268 g/mol. The predicted octanol–water partition coefficient (Wildman–Crippen LogP) is 1.58. The lowest BCUT2D eigenvalue weighted by Gasteiger charge is -2.09. The lowest BCUT2D eigenvalue weighted by molar-refractivity contribution is -0.120. The van der Waals surface area contributed by atoms with Gasteiger partial charge in [-0.2, -0.15) is 0 Å². The van der Waals surface area contributed by atoms with Crippen molar-refractivity contribution in [3.05, 3.63) is 24.3 Å². The van der Waals surface area contributed by atoms with Crippen molar-refractivity contribution in [3.63, 3.8) is 0 Å². The first-order chi connectivity index (χ1) is 10.3. The molecule has 1 aromatic rings. The molecule has 0 bridgehead atoms. The Morgan fingerprint density at radius 2 is 2.14 bits per heavy atom. The van der Waals surface area contributed by atoms with E-state index in [0.717, 1.165) is 30.4 Å². The lowest BCUT2D eigenvalue weighted by atomic mass is 10.3. The second-order valence-corrected chi connectivity index (χ2v) is 5.31. The van der Waals surface area contributed by atoms with Crippen molar-refractivity contribution in [1.29, 1.82) is 0 Å². The number of amides is 1. The average Bonchev–Trinajstić information content (AvgIpc) is 3.31. The molecule has 0 atom stereocenters. The molecule has 1 saturated carbocycles. The molecule has 0 aliphatic heterocycles. The number of benzene rings is 1. The van der Waals surface area contributed by atoms with Gasteiger partial charge >= 0.3 is 0 Å². The van der Waals surface area contributed by atoms with Crippen LogP contribution in [-0.4, -0.2) is 39.3 Å². The highest BCUT2D eigenvalue weighted by molar-refractivity contribution is 5.77. The third kappa shape index (κ3) is 6.49. The number of rotatable bonds is 10. The zero-order valence-corrected chi connectivity index (χ0v) is 12.6. The van der Waals surface area contributed by atoms with Gasteiger partial charge in [-0.1, -0.05) is 6.07 Å². The number of hydrogen-bond donors (Lipinski definition) is 2. The Morgan fingerprint density at radius 3 is 2.90 bits per heavy atom. The molecule has 0 heterocycles. The molecule has 0 radical (unpaired) electrons. The molecule has 0 spiro atoms. The highest BCUT2D eigenvalue weighted by Crippen LogP contribution is 2.27. The first-order valence-corrected chi connectivity index (χ1v) is 7.52. The van der Waals surface area contributed by atoms with Crippen LogP contribution in [0.5, 0.6) is 11.5 Å². The van der Waals surface area contributed by atoms with E-state index in [1.165, 1.54) is 12.8 Å². The Bertz CT molecular complexity index is 447. The molecule has 5 nitrogen and oxygen atoms in total. The first kappa shape index (κ1) is 15.6. The summed E-state index contributed by atoms with van der Waals surface area (Å²) in [6.07, 6.45) is 3.39. The molecular formula is C16H24N2O3. The number of hydrogen-bond acceptors (Lipinski definition) is 4. The molecule has 1 fully saturated rings. The minimum absolute atomic E-state index is 0.0528. The van der Waals surface area contributed by atoms with Crippen LogP contribution in [0.15, 0.2) is 24.3 Å². The van der Waals surface area contributed by atoms with Crippen molar-refractivity contribution >= 4 is 5.91 Å². The van der Waals surface area contributed by atoms with Crippen molar-refractivity contribution in [3.8, 4) is 11.5 Å². The quantitative estimate of drug-likeness (QED) is 0.643. The monoisotopic (exact) mass is 292 g/mol. The summed E-state index contributed by atoms with van der Waals surface area (Å²) in [6.45, 7) is 2.58. The topological polar surface area (TPSA) is 59.6 Å². The number of nitrogens with one attached hydrogen (secondary N) is 2. The molecule has 1 aliphatic carbocycles. The van der Waals surface area contributed by atoms with E-state index in [-0.39, 0.29) is 5.91 Å². The Labute approximate surface area is 126 Å². The van der Waals surface area contributed by atoms with Crippen molar-refractivity contribution < 1.29 is 14.3 Å². The largest absolute Gasteiger partial charge is 0.497 e. The van der Waals surface area contributed by atoms with E-state index >= 15 is 0 Å². The van der Waals surface area contributed by atoms with Crippen LogP contribution in [0.3, 0.4) is 0 Å². The molecule has 2 N–H and O–H groups in total. The third-order valence-electron chi connectivity index (χ3n) is 3.37. The number of ether oxygens (including phenoxy) is 2. The summed E-state index contributed by atoms with van der Waals surface area (Å²) in [6, 6.07) is 7.51. The average molecular weight is 292 g/mol. The lowest BCUT2D eigenvalue weighted by Crippen LogP contribution is -2.35. The van der Waals surface area contributed by atoms with E-state index in [1.54, 1.807) is 7.11 Å². The fraction of sp³-hybridized carbons (Fsp3) is 0.562. The summed E-state index contributed by atoms with van der Waals surface area (Å²) < 4.78 is 10.7. The minimum atomic E-state index is 0.0528. The second kappa shape index (κ2) is 8.52. The van der Waals surface area contributed by atoms with Crippen LogP contribution in [0, 0.1) is 5.92 Å². The molecule has 1 aliphatic rings. The SMILES string of the molecule is COc1cccc(OCCCNC(=O)CNCC2CC2)c1. The third-order valence-corrected chi connectivity index (χ3v) is 3.37. The van der Waals surface area contributed by atoms with Gasteiger partial charge in [-0.3, -0.25) is 4.79 Å². The van der Waals surface area contributed by atoms with E-state index in [4.69, 9.17) is 9.47 Å². The van der Waals surface area contributed by atoms with Gasteiger partial charge in [0, 0.05) is 12.6 Å². The number of carbonyl (C=O) groups is 1. The summed E-state index contributed by atoms with van der Waals surface area (Å²) >= 11 is 0. The molecule has 116 valence electrons. The summed E-state index contributed by atoms with van der Waals surface area (Å²) in [7, 11) is 1.63. The number of methoxy groups -OCH3 is 1. The molecule has 0 unspecified atom stereocenters. The Hall–Kier alpha value is -1.75. The van der Waals surface area contributed by atoms with Gasteiger partial charge in [0.2, 0.25) is 5.91 Å². The van der Waals surface area contributed by atoms with Gasteiger partial charge in [-0.15, -0.1) is 0 Å². The van der Waals surface area contributed by atoms with Gasteiger partial charge in [0.15, 0.2) is 0 Å². The van der Waals surface area contributed by atoms with Crippen LogP contribution in [0.25, 0.3) is 0 Å². The molecule has 0 saturated heterocycles. The van der Waals surface area contributed by atoms with Gasteiger partial charge in [0.05, 0.1) is 20.3 Å². The van der Waals surface area contributed by atoms with Crippen LogP contribution >= 0.6 is 0 Å². The highest BCUT2D eigenvalue weighted by atomic mass is 16.5. The van der Waals surface area contributed by atoms with Gasteiger partial charge in [-0.05, 0) is 43.9 Å². The zero-order chi connectivity index (χ0) is 14.9. The van der Waals surface area contributed by atoms with E-state index in [2.05, 4.69) is 10.6 Å². The van der Waals surface area contributed by atoms with Crippen molar-refractivity contribution in [2.24, 2.45) is 5.92 Å². The first-order valence-electron chi connectivity index (χ1n) is 7.52. The van der Waals surface area contributed by atoms with Gasteiger partial charge < -0.3 is 20.1 Å². The van der Waals surface area contributed by atoms with Crippen LogP contribution in [-0.2, 0) is 4.79 Å². The van der Waals surface area contributed by atoms with Crippen LogP contribution < -0.4 is 20.1 Å². The zero-order valence-electron chi connectivity index (χ0n) is 12.6. The number of carbonyl (C=O) groups excluding carboxylic acids is 1. The van der Waals surface area contributed by atoms with Crippen LogP contribution in [0.1, 0.15) is 19.3 Å². The molecule has 1 amide bonds. The van der Waals surface area contributed by atoms with E-state index in [1.807, 2.05) is 24.3 Å². The fourth-order valence-electron chi connectivity index (χ4n) is 1.96. The second-order valence-electron chi connectivity index (χ2n) is 5.31. The van der Waals surface area contributed by atoms with Gasteiger partial charge in [0.1, 0.15) is 11.5 Å². The summed E-state index contributed by atoms with van der Waals surface area (Å²) in [5.74, 6) is 2.42. The Balaban J connectivity index is 1.49. The molecule has 1 aromatic carbocycles. The summed E-state index contributed by atoms with van der Waals surface area (Å²) in [5.41, 5.74) is 0. The van der Waals surface area contributed by atoms with Crippen molar-refractivity contribution in [2.75, 3.05) is 33.4 Å². The Morgan fingerprint density at radius 1 is 1.33 bits per heavy atom. The van der Waals surface area contributed by atoms with Crippen molar-refractivity contribution in [2.45, 2.75) is 19.3 Å². The molecule has 5 heteroatoms. The van der Waals surface area contributed by atoms with Crippen molar-refractivity contribution in [1.82, 2.24) is 10.6 Å². The van der Waals surface area contributed by atoms with Gasteiger partial charge in [0.25, 0.3) is 0 Å². The highest BCUT2D eigenvalue weighted by Gasteiger charge is 2.20. The summed E-state index contributed by atoms with van der Waals surface area (Å²) in [5, 5.41) is 6.05. The smallest absolute Gasteiger partial charge is 0.233 e. The maximum Gasteiger partial charge on any atom is 0.233 e. The van der Waals surface area contributed by atoms with Crippen LogP contribution in [0.2, 0.25) is 0 Å². The molecule has 21 heavy (non-hydrogen) atoms. The maximum atomic E-state index is 11.5. The predicted molar refractivity (Wildman–Crippen MR) is 81.7 cm³/mol. The summed E-state index contributed by atoms with van der Waals surface area (Å²) in [4.78, 5) is 11.5. The van der Waals surface area contributed by atoms with Crippen LogP contribution in [0.4, 0.5) is 0 Å². The minimum Gasteiger partial charge on any atom is -0.497 e. The normalized spacial score (nSPS) is 13.8. The molecule has 0 aromatic heterocycles. The maximum absolute atomic E-state index is 11.5. The van der Waals surface area contributed by atoms with Gasteiger partial charge in [-0.25, -0.2) is 0 Å².